The molecule has 1 aliphatic heterocycles. The summed E-state index contributed by atoms with van der Waals surface area (Å²) in [5, 5.41) is 6.53. The van der Waals surface area contributed by atoms with Crippen molar-refractivity contribution in [3.63, 3.8) is 0 Å². The molecule has 38 heavy (non-hydrogen) atoms. The summed E-state index contributed by atoms with van der Waals surface area (Å²) in [6.07, 6.45) is 4.41. The highest BCUT2D eigenvalue weighted by atomic mass is 35.5. The van der Waals surface area contributed by atoms with Crippen molar-refractivity contribution < 1.29 is 23.8 Å². The van der Waals surface area contributed by atoms with Crippen LogP contribution in [0.25, 0.3) is 10.9 Å². The number of rotatable bonds is 10. The van der Waals surface area contributed by atoms with E-state index in [9.17, 15) is 9.59 Å². The number of ether oxygens (including phenoxy) is 3. The van der Waals surface area contributed by atoms with Gasteiger partial charge >= 0.3 is 6.03 Å². The summed E-state index contributed by atoms with van der Waals surface area (Å²) in [7, 11) is 0. The minimum absolute atomic E-state index is 0.239. The number of fused-ring (bicyclic) bond motifs is 1. The maximum Gasteiger partial charge on any atom is 0.319 e. The Hall–Kier alpha value is -3.60. The van der Waals surface area contributed by atoms with Gasteiger partial charge in [-0.3, -0.25) is 14.7 Å². The average molecular weight is 540 g/mol. The zero-order chi connectivity index (χ0) is 26.5. The molecule has 1 saturated carbocycles. The lowest BCUT2D eigenvalue weighted by Gasteiger charge is -2.26. The van der Waals surface area contributed by atoms with Crippen molar-refractivity contribution in [3.8, 4) is 17.2 Å². The predicted octanol–water partition coefficient (Wildman–Crippen LogP) is 4.16. The molecule has 2 aliphatic rings. The van der Waals surface area contributed by atoms with E-state index < -0.39 is 5.91 Å². The zero-order valence-electron chi connectivity index (χ0n) is 20.9. The number of amides is 3. The number of pyridine rings is 1. The highest BCUT2D eigenvalue weighted by Gasteiger charge is 2.23. The number of hydrogen-bond acceptors (Lipinski definition) is 7. The van der Waals surface area contributed by atoms with Crippen LogP contribution in [0.3, 0.4) is 0 Å². The van der Waals surface area contributed by atoms with Crippen LogP contribution < -0.4 is 25.8 Å². The summed E-state index contributed by atoms with van der Waals surface area (Å²) >= 11 is 6.39. The first-order chi connectivity index (χ1) is 18.5. The van der Waals surface area contributed by atoms with Crippen molar-refractivity contribution >= 4 is 40.1 Å². The van der Waals surface area contributed by atoms with E-state index in [1.165, 1.54) is 0 Å². The lowest BCUT2D eigenvalue weighted by molar-refractivity contribution is 0.0357. The molecule has 0 bridgehead atoms. The first-order valence-electron chi connectivity index (χ1n) is 12.7. The maximum atomic E-state index is 12.3. The fourth-order valence-corrected chi connectivity index (χ4v) is 4.42. The smallest absolute Gasteiger partial charge is 0.319 e. The summed E-state index contributed by atoms with van der Waals surface area (Å²) in [6.45, 7) is 4.65. The van der Waals surface area contributed by atoms with Gasteiger partial charge in [0, 0.05) is 49.4 Å². The Bertz CT molecular complexity index is 1330. The molecule has 200 valence electrons. The number of anilines is 1. The zero-order valence-corrected chi connectivity index (χ0v) is 21.6. The summed E-state index contributed by atoms with van der Waals surface area (Å²) < 4.78 is 17.4. The number of urea groups is 1. The molecule has 0 atom stereocenters. The second kappa shape index (κ2) is 11.8. The molecular formula is C27H30ClN5O5. The average Bonchev–Trinajstić information content (AvgIpc) is 3.72. The van der Waals surface area contributed by atoms with E-state index in [0.717, 1.165) is 52.1 Å². The topological polar surface area (TPSA) is 128 Å². The Morgan fingerprint density at radius 1 is 1.13 bits per heavy atom. The summed E-state index contributed by atoms with van der Waals surface area (Å²) in [5.41, 5.74) is 7.00. The molecule has 5 rings (SSSR count). The molecule has 11 heteroatoms. The van der Waals surface area contributed by atoms with Gasteiger partial charge in [0.1, 0.15) is 17.2 Å². The molecule has 2 aromatic carbocycles. The Kier molecular flexibility index (Phi) is 8.11. The van der Waals surface area contributed by atoms with Crippen molar-refractivity contribution in [2.24, 2.45) is 5.73 Å². The Labute approximate surface area is 225 Å². The first-order valence-corrected chi connectivity index (χ1v) is 13.0. The van der Waals surface area contributed by atoms with Gasteiger partial charge in [0.15, 0.2) is 0 Å². The largest absolute Gasteiger partial charge is 0.493 e. The second-order valence-corrected chi connectivity index (χ2v) is 9.72. The van der Waals surface area contributed by atoms with E-state index in [-0.39, 0.29) is 17.6 Å². The highest BCUT2D eigenvalue weighted by molar-refractivity contribution is 6.33. The molecule has 2 heterocycles. The summed E-state index contributed by atoms with van der Waals surface area (Å²) in [5.74, 6) is 0.715. The van der Waals surface area contributed by atoms with Gasteiger partial charge in [-0.2, -0.15) is 0 Å². The van der Waals surface area contributed by atoms with Crippen LogP contribution in [0.2, 0.25) is 5.02 Å². The third-order valence-electron chi connectivity index (χ3n) is 6.38. The number of carbonyl (C=O) groups is 2. The van der Waals surface area contributed by atoms with Crippen LogP contribution in [0.15, 0.2) is 42.6 Å². The van der Waals surface area contributed by atoms with E-state index in [0.29, 0.717) is 45.5 Å². The monoisotopic (exact) mass is 539 g/mol. The van der Waals surface area contributed by atoms with Crippen LogP contribution in [-0.4, -0.2) is 67.3 Å². The fourth-order valence-electron chi connectivity index (χ4n) is 4.20. The Morgan fingerprint density at radius 2 is 1.95 bits per heavy atom. The number of primary amides is 1. The second-order valence-electron chi connectivity index (χ2n) is 9.31. The lowest BCUT2D eigenvalue weighted by atomic mass is 10.1. The number of nitrogens with one attached hydrogen (secondary N) is 2. The standard InChI is InChI=1S/C27H30ClN5O5/c28-21-14-18(4-5-22(21)32-27(35)31-17-2-3-17)38-24-6-7-30-23-16-25(20(26(29)34)15-19(23)24)37-11-1-8-33-9-12-36-13-10-33/h4-7,14-17H,1-3,8-13H2,(H2,29,34)(H2,31,32,35). The van der Waals surface area contributed by atoms with Crippen LogP contribution >= 0.6 is 11.6 Å². The molecule has 1 aliphatic carbocycles. The van der Waals surface area contributed by atoms with Crippen LogP contribution in [0.1, 0.15) is 29.6 Å². The van der Waals surface area contributed by atoms with E-state index >= 15 is 0 Å². The minimum atomic E-state index is -0.604. The van der Waals surface area contributed by atoms with Gasteiger partial charge in [0.2, 0.25) is 0 Å². The third-order valence-corrected chi connectivity index (χ3v) is 6.69. The van der Waals surface area contributed by atoms with E-state index in [2.05, 4.69) is 20.5 Å². The van der Waals surface area contributed by atoms with Crippen molar-refractivity contribution in [2.75, 3.05) is 44.8 Å². The molecule has 0 spiro atoms. The molecule has 10 nitrogen and oxygen atoms in total. The number of morpholine rings is 1. The number of hydrogen-bond donors (Lipinski definition) is 3. The number of carbonyl (C=O) groups excluding carboxylic acids is 2. The SMILES string of the molecule is NC(=O)c1cc2c(Oc3ccc(NC(=O)NC4CC4)c(Cl)c3)ccnc2cc1OCCCN1CCOCC1. The van der Waals surface area contributed by atoms with Crippen LogP contribution in [0.4, 0.5) is 10.5 Å². The third kappa shape index (κ3) is 6.63. The number of benzene rings is 2. The maximum absolute atomic E-state index is 12.3. The van der Waals surface area contributed by atoms with E-state index in [1.54, 1.807) is 42.6 Å². The number of nitrogens with two attached hydrogens (primary N) is 1. The number of halogens is 1. The fraction of sp³-hybridized carbons (Fsp3) is 0.370. The molecule has 0 unspecified atom stereocenters. The highest BCUT2D eigenvalue weighted by Crippen LogP contribution is 2.35. The van der Waals surface area contributed by atoms with Crippen LogP contribution in [0.5, 0.6) is 17.2 Å². The van der Waals surface area contributed by atoms with Crippen molar-refractivity contribution in [3.05, 3.63) is 53.2 Å². The molecule has 0 radical (unpaired) electrons. The van der Waals surface area contributed by atoms with Crippen molar-refractivity contribution in [2.45, 2.75) is 25.3 Å². The Balaban J connectivity index is 1.29. The molecule has 1 saturated heterocycles. The quantitative estimate of drug-likeness (QED) is 0.330. The normalized spacial score (nSPS) is 15.7. The van der Waals surface area contributed by atoms with E-state index in [4.69, 9.17) is 31.5 Å². The first kappa shape index (κ1) is 26.0. The Morgan fingerprint density at radius 3 is 2.68 bits per heavy atom. The molecule has 3 amide bonds. The molecule has 3 aromatic rings. The molecular weight excluding hydrogens is 510 g/mol. The number of nitrogens with zero attached hydrogens (tertiary/aromatic N) is 2. The lowest BCUT2D eigenvalue weighted by Crippen LogP contribution is -2.37. The van der Waals surface area contributed by atoms with Gasteiger partial charge in [-0.05, 0) is 43.5 Å². The number of aromatic nitrogens is 1. The van der Waals surface area contributed by atoms with E-state index in [1.807, 2.05) is 0 Å². The van der Waals surface area contributed by atoms with Gasteiger partial charge < -0.3 is 30.6 Å². The van der Waals surface area contributed by atoms with Gasteiger partial charge in [0.25, 0.3) is 5.91 Å². The minimum Gasteiger partial charge on any atom is -0.493 e. The molecule has 2 fully saturated rings. The van der Waals surface area contributed by atoms with Crippen molar-refractivity contribution in [1.82, 2.24) is 15.2 Å². The summed E-state index contributed by atoms with van der Waals surface area (Å²) in [4.78, 5) is 31.0. The molecule has 1 aromatic heterocycles. The molecule has 4 N–H and O–H groups in total. The van der Waals surface area contributed by atoms with Crippen LogP contribution in [0, 0.1) is 0 Å². The predicted molar refractivity (Wildman–Crippen MR) is 144 cm³/mol. The van der Waals surface area contributed by atoms with Gasteiger partial charge in [-0.1, -0.05) is 11.6 Å². The van der Waals surface area contributed by atoms with Gasteiger partial charge in [-0.25, -0.2) is 4.79 Å². The van der Waals surface area contributed by atoms with Gasteiger partial charge in [0.05, 0.1) is 41.6 Å². The van der Waals surface area contributed by atoms with Crippen LogP contribution in [-0.2, 0) is 4.74 Å². The van der Waals surface area contributed by atoms with Crippen molar-refractivity contribution in [1.29, 1.82) is 0 Å². The summed E-state index contributed by atoms with van der Waals surface area (Å²) in [6, 6.07) is 9.97. The van der Waals surface area contributed by atoms with Gasteiger partial charge in [-0.15, -0.1) is 0 Å².